The summed E-state index contributed by atoms with van der Waals surface area (Å²) in [6, 6.07) is 3.75. The Kier molecular flexibility index (Phi) is 3.55. The van der Waals surface area contributed by atoms with Gasteiger partial charge in [0.25, 0.3) is 5.91 Å². The standard InChI is InChI=1S/C12H10F4N2O/c13-10-3-1-2-9(17-10)11(19)18-6-4-8(5-7-18)12(14,15)16/h1-4H,5-7H2. The van der Waals surface area contributed by atoms with E-state index in [1.165, 1.54) is 17.0 Å². The Bertz CT molecular complexity index is 525. The largest absolute Gasteiger partial charge is 0.412 e. The quantitative estimate of drug-likeness (QED) is 0.448. The number of nitrogens with zero attached hydrogens (tertiary/aromatic N) is 2. The van der Waals surface area contributed by atoms with E-state index < -0.39 is 23.6 Å². The maximum atomic E-state index is 12.9. The van der Waals surface area contributed by atoms with Gasteiger partial charge in [0.1, 0.15) is 5.69 Å². The first kappa shape index (κ1) is 13.5. The molecule has 3 nitrogen and oxygen atoms in total. The minimum absolute atomic E-state index is 0.0532. The molecule has 0 N–H and O–H groups in total. The summed E-state index contributed by atoms with van der Waals surface area (Å²) in [6.07, 6.45) is -3.64. The maximum Gasteiger partial charge on any atom is 0.412 e. The SMILES string of the molecule is O=C(c1cccc(F)n1)N1CC=C(C(F)(F)F)CC1. The molecule has 1 aromatic rings. The van der Waals surface area contributed by atoms with E-state index >= 15 is 0 Å². The van der Waals surface area contributed by atoms with Crippen molar-refractivity contribution >= 4 is 5.91 Å². The molecule has 0 bridgehead atoms. The Labute approximate surface area is 106 Å². The summed E-state index contributed by atoms with van der Waals surface area (Å²) in [4.78, 5) is 16.5. The van der Waals surface area contributed by atoms with Crippen molar-refractivity contribution in [3.8, 4) is 0 Å². The highest BCUT2D eigenvalue weighted by Gasteiger charge is 2.35. The molecular formula is C12H10F4N2O. The van der Waals surface area contributed by atoms with Crippen molar-refractivity contribution < 1.29 is 22.4 Å². The average molecular weight is 274 g/mol. The molecule has 19 heavy (non-hydrogen) atoms. The van der Waals surface area contributed by atoms with Crippen LogP contribution in [0.4, 0.5) is 17.6 Å². The fourth-order valence-corrected chi connectivity index (χ4v) is 1.80. The van der Waals surface area contributed by atoms with E-state index in [9.17, 15) is 22.4 Å². The van der Waals surface area contributed by atoms with Gasteiger partial charge in [-0.15, -0.1) is 0 Å². The van der Waals surface area contributed by atoms with Gasteiger partial charge in [-0.2, -0.15) is 17.6 Å². The van der Waals surface area contributed by atoms with E-state index in [1.807, 2.05) is 0 Å². The highest BCUT2D eigenvalue weighted by molar-refractivity contribution is 5.92. The molecule has 2 heterocycles. The number of hydrogen-bond acceptors (Lipinski definition) is 2. The molecule has 0 aliphatic carbocycles. The second-order valence-electron chi connectivity index (χ2n) is 4.07. The molecule has 0 aromatic carbocycles. The van der Waals surface area contributed by atoms with Crippen LogP contribution >= 0.6 is 0 Å². The Morgan fingerprint density at radius 2 is 2.05 bits per heavy atom. The van der Waals surface area contributed by atoms with E-state index in [4.69, 9.17) is 0 Å². The number of hydrogen-bond donors (Lipinski definition) is 0. The topological polar surface area (TPSA) is 33.2 Å². The van der Waals surface area contributed by atoms with Crippen LogP contribution in [0.5, 0.6) is 0 Å². The van der Waals surface area contributed by atoms with Crippen LogP contribution < -0.4 is 0 Å². The monoisotopic (exact) mass is 274 g/mol. The highest BCUT2D eigenvalue weighted by Crippen LogP contribution is 2.30. The fourth-order valence-electron chi connectivity index (χ4n) is 1.80. The van der Waals surface area contributed by atoms with Gasteiger partial charge in [-0.25, -0.2) is 4.98 Å². The lowest BCUT2D eigenvalue weighted by atomic mass is 10.1. The summed E-state index contributed by atoms with van der Waals surface area (Å²) < 4.78 is 50.1. The molecule has 0 saturated heterocycles. The summed E-state index contributed by atoms with van der Waals surface area (Å²) in [5.74, 6) is -1.37. The van der Waals surface area contributed by atoms with Gasteiger partial charge in [-0.1, -0.05) is 12.1 Å². The third-order valence-electron chi connectivity index (χ3n) is 2.79. The number of halogens is 4. The summed E-state index contributed by atoms with van der Waals surface area (Å²) in [5.41, 5.74) is -0.743. The number of pyridine rings is 1. The Balaban J connectivity index is 2.10. The lowest BCUT2D eigenvalue weighted by molar-refractivity contribution is -0.0957. The van der Waals surface area contributed by atoms with Gasteiger partial charge in [0, 0.05) is 18.7 Å². The zero-order valence-electron chi connectivity index (χ0n) is 9.75. The summed E-state index contributed by atoms with van der Waals surface area (Å²) in [7, 11) is 0. The van der Waals surface area contributed by atoms with Gasteiger partial charge >= 0.3 is 6.18 Å². The first-order valence-electron chi connectivity index (χ1n) is 5.56. The van der Waals surface area contributed by atoms with E-state index in [-0.39, 0.29) is 25.2 Å². The average Bonchev–Trinajstić information content (AvgIpc) is 2.37. The van der Waals surface area contributed by atoms with Crippen LogP contribution in [0.3, 0.4) is 0 Å². The predicted molar refractivity (Wildman–Crippen MR) is 58.9 cm³/mol. The molecule has 0 spiro atoms. The molecule has 1 aliphatic heterocycles. The van der Waals surface area contributed by atoms with Crippen LogP contribution in [0.2, 0.25) is 0 Å². The second kappa shape index (κ2) is 4.99. The van der Waals surface area contributed by atoms with Crippen molar-refractivity contribution in [1.82, 2.24) is 9.88 Å². The molecule has 0 unspecified atom stereocenters. The van der Waals surface area contributed by atoms with Crippen molar-refractivity contribution in [2.45, 2.75) is 12.6 Å². The molecule has 1 aromatic heterocycles. The van der Waals surface area contributed by atoms with Gasteiger partial charge in [0.2, 0.25) is 5.95 Å². The summed E-state index contributed by atoms with van der Waals surface area (Å²) in [5, 5.41) is 0. The minimum Gasteiger partial charge on any atom is -0.333 e. The van der Waals surface area contributed by atoms with Gasteiger partial charge in [0.15, 0.2) is 0 Å². The molecule has 0 atom stereocenters. The fraction of sp³-hybridized carbons (Fsp3) is 0.333. The van der Waals surface area contributed by atoms with Crippen LogP contribution in [0.15, 0.2) is 29.8 Å². The first-order valence-corrected chi connectivity index (χ1v) is 5.56. The second-order valence-corrected chi connectivity index (χ2v) is 4.07. The lowest BCUT2D eigenvalue weighted by Crippen LogP contribution is -2.37. The summed E-state index contributed by atoms with van der Waals surface area (Å²) >= 11 is 0. The van der Waals surface area contributed by atoms with Crippen LogP contribution in [0.25, 0.3) is 0 Å². The first-order chi connectivity index (χ1) is 8.88. The summed E-state index contributed by atoms with van der Waals surface area (Å²) in [6.45, 7) is -0.200. The third-order valence-corrected chi connectivity index (χ3v) is 2.79. The van der Waals surface area contributed by atoms with Crippen LogP contribution in [0, 0.1) is 5.95 Å². The minimum atomic E-state index is -4.35. The van der Waals surface area contributed by atoms with Crippen molar-refractivity contribution in [2.24, 2.45) is 0 Å². The lowest BCUT2D eigenvalue weighted by Gasteiger charge is -2.27. The zero-order valence-corrected chi connectivity index (χ0v) is 9.75. The zero-order chi connectivity index (χ0) is 14.0. The van der Waals surface area contributed by atoms with Crippen molar-refractivity contribution in [2.75, 3.05) is 13.1 Å². The molecule has 102 valence electrons. The van der Waals surface area contributed by atoms with Crippen LogP contribution in [-0.2, 0) is 0 Å². The van der Waals surface area contributed by atoms with E-state index in [1.54, 1.807) is 0 Å². The number of carbonyl (C=O) groups is 1. The van der Waals surface area contributed by atoms with Crippen molar-refractivity contribution in [3.63, 3.8) is 0 Å². The van der Waals surface area contributed by atoms with E-state index in [2.05, 4.69) is 4.98 Å². The molecule has 0 fully saturated rings. The van der Waals surface area contributed by atoms with E-state index in [0.29, 0.717) is 0 Å². The molecule has 1 aliphatic rings. The number of aromatic nitrogens is 1. The number of rotatable bonds is 1. The molecule has 0 saturated carbocycles. The molecule has 2 rings (SSSR count). The molecule has 1 amide bonds. The Morgan fingerprint density at radius 3 is 2.58 bits per heavy atom. The predicted octanol–water partition coefficient (Wildman–Crippen LogP) is 2.56. The Hall–Kier alpha value is -1.92. The number of alkyl halides is 3. The normalized spacial score (nSPS) is 16.2. The van der Waals surface area contributed by atoms with E-state index in [0.717, 1.165) is 12.1 Å². The van der Waals surface area contributed by atoms with Crippen LogP contribution in [-0.4, -0.2) is 35.1 Å². The van der Waals surface area contributed by atoms with Crippen molar-refractivity contribution in [3.05, 3.63) is 41.5 Å². The van der Waals surface area contributed by atoms with Gasteiger partial charge in [-0.05, 0) is 18.6 Å². The number of amides is 1. The molecule has 0 radical (unpaired) electrons. The van der Waals surface area contributed by atoms with Crippen LogP contribution in [0.1, 0.15) is 16.9 Å². The smallest absolute Gasteiger partial charge is 0.333 e. The maximum absolute atomic E-state index is 12.9. The molecular weight excluding hydrogens is 264 g/mol. The third kappa shape index (κ3) is 3.10. The van der Waals surface area contributed by atoms with Gasteiger partial charge < -0.3 is 4.90 Å². The Morgan fingerprint density at radius 1 is 1.32 bits per heavy atom. The highest BCUT2D eigenvalue weighted by atomic mass is 19.4. The number of carbonyl (C=O) groups excluding carboxylic acids is 1. The van der Waals surface area contributed by atoms with Crippen molar-refractivity contribution in [1.29, 1.82) is 0 Å². The van der Waals surface area contributed by atoms with Gasteiger partial charge in [-0.3, -0.25) is 4.79 Å². The van der Waals surface area contributed by atoms with Gasteiger partial charge in [0.05, 0.1) is 0 Å². The molecule has 7 heteroatoms.